The molecule has 0 atom stereocenters. The number of hydrogen-bond acceptors (Lipinski definition) is 9. The molecule has 0 amide bonds. The van der Waals surface area contributed by atoms with Crippen LogP contribution in [0.4, 0.5) is 23.5 Å². The number of anilines is 4. The van der Waals surface area contributed by atoms with Crippen molar-refractivity contribution >= 4 is 61.6 Å². The summed E-state index contributed by atoms with van der Waals surface area (Å²) in [4.78, 5) is 15.7. The number of methoxy groups -OCH3 is 1. The summed E-state index contributed by atoms with van der Waals surface area (Å²) in [5.41, 5.74) is 5.77. The maximum absolute atomic E-state index is 5.47. The number of rotatable bonds is 7. The summed E-state index contributed by atoms with van der Waals surface area (Å²) in [6, 6.07) is 11.8. The Morgan fingerprint density at radius 1 is 1.06 bits per heavy atom. The van der Waals surface area contributed by atoms with E-state index in [1.54, 1.807) is 13.3 Å². The highest BCUT2D eigenvalue weighted by Crippen LogP contribution is 2.31. The Kier molecular flexibility index (Phi) is 7.73. The van der Waals surface area contributed by atoms with Crippen LogP contribution in [0.1, 0.15) is 11.1 Å². The van der Waals surface area contributed by atoms with E-state index in [0.29, 0.717) is 49.9 Å². The van der Waals surface area contributed by atoms with Gasteiger partial charge in [0.05, 0.1) is 31.0 Å². The Morgan fingerprint density at radius 2 is 1.79 bits per heavy atom. The molecule has 1 aliphatic rings. The summed E-state index contributed by atoms with van der Waals surface area (Å²) in [7, 11) is 1.61. The third-order valence-electron chi connectivity index (χ3n) is 4.83. The molecule has 9 nitrogen and oxygen atoms in total. The van der Waals surface area contributed by atoms with E-state index in [9.17, 15) is 0 Å². The van der Waals surface area contributed by atoms with Crippen LogP contribution in [0, 0.1) is 6.92 Å². The van der Waals surface area contributed by atoms with Crippen molar-refractivity contribution in [2.75, 3.05) is 49.1 Å². The summed E-state index contributed by atoms with van der Waals surface area (Å²) >= 11 is 6.99. The fourth-order valence-electron chi connectivity index (χ4n) is 3.19. The third-order valence-corrected chi connectivity index (χ3v) is 5.88. The first-order valence-electron chi connectivity index (χ1n) is 10.3. The number of hydrazone groups is 1. The second-order valence-corrected chi connectivity index (χ2v) is 9.02. The highest BCUT2D eigenvalue weighted by atomic mass is 79.9. The van der Waals surface area contributed by atoms with Crippen LogP contribution in [0.15, 0.2) is 50.4 Å². The Balaban J connectivity index is 1.59. The van der Waals surface area contributed by atoms with E-state index in [-0.39, 0.29) is 0 Å². The Morgan fingerprint density at radius 3 is 2.52 bits per heavy atom. The first-order chi connectivity index (χ1) is 16.0. The second-order valence-electron chi connectivity index (χ2n) is 7.25. The fourth-order valence-corrected chi connectivity index (χ4v) is 4.61. The molecule has 2 N–H and O–H groups in total. The molecule has 33 heavy (non-hydrogen) atoms. The molecule has 0 unspecified atom stereocenters. The van der Waals surface area contributed by atoms with Gasteiger partial charge in [0.1, 0.15) is 5.75 Å². The summed E-state index contributed by atoms with van der Waals surface area (Å²) in [5.74, 6) is 1.99. The highest BCUT2D eigenvalue weighted by Gasteiger charge is 2.17. The zero-order valence-electron chi connectivity index (χ0n) is 18.2. The maximum Gasteiger partial charge on any atom is 0.250 e. The summed E-state index contributed by atoms with van der Waals surface area (Å²) < 4.78 is 12.6. The Hall–Kier alpha value is -2.76. The van der Waals surface area contributed by atoms with Crippen molar-refractivity contribution in [2.45, 2.75) is 6.92 Å². The molecule has 0 saturated carbocycles. The van der Waals surface area contributed by atoms with Crippen molar-refractivity contribution in [2.24, 2.45) is 5.10 Å². The summed E-state index contributed by atoms with van der Waals surface area (Å²) in [6.07, 6.45) is 1.65. The minimum absolute atomic E-state index is 0.324. The van der Waals surface area contributed by atoms with Crippen molar-refractivity contribution in [3.8, 4) is 5.75 Å². The first kappa shape index (κ1) is 23.4. The molecule has 1 fully saturated rings. The van der Waals surface area contributed by atoms with Crippen LogP contribution >= 0.6 is 31.9 Å². The van der Waals surface area contributed by atoms with Gasteiger partial charge in [0.2, 0.25) is 17.8 Å². The summed E-state index contributed by atoms with van der Waals surface area (Å²) in [5, 5.41) is 7.58. The van der Waals surface area contributed by atoms with Gasteiger partial charge in [-0.15, -0.1) is 0 Å². The van der Waals surface area contributed by atoms with Gasteiger partial charge in [0.25, 0.3) is 0 Å². The van der Waals surface area contributed by atoms with Gasteiger partial charge in [-0.25, -0.2) is 5.43 Å². The molecule has 1 saturated heterocycles. The molecule has 0 spiro atoms. The quantitative estimate of drug-likeness (QED) is 0.307. The van der Waals surface area contributed by atoms with Crippen LogP contribution in [0.5, 0.6) is 5.75 Å². The van der Waals surface area contributed by atoms with E-state index in [2.05, 4.69) is 67.6 Å². The van der Waals surface area contributed by atoms with Gasteiger partial charge in [0, 0.05) is 28.8 Å². The molecule has 172 valence electrons. The van der Waals surface area contributed by atoms with E-state index in [1.807, 2.05) is 43.3 Å². The predicted octanol–water partition coefficient (Wildman–Crippen LogP) is 4.74. The average molecular weight is 577 g/mol. The van der Waals surface area contributed by atoms with Crippen molar-refractivity contribution < 1.29 is 9.47 Å². The van der Waals surface area contributed by atoms with Gasteiger partial charge in [-0.1, -0.05) is 33.6 Å². The largest absolute Gasteiger partial charge is 0.495 e. The van der Waals surface area contributed by atoms with Gasteiger partial charge in [-0.2, -0.15) is 20.1 Å². The van der Waals surface area contributed by atoms with E-state index in [4.69, 9.17) is 9.47 Å². The molecular formula is C22H23Br2N7O2. The predicted molar refractivity (Wildman–Crippen MR) is 137 cm³/mol. The fraction of sp³-hybridized carbons (Fsp3) is 0.273. The number of nitrogens with one attached hydrogen (secondary N) is 2. The number of benzene rings is 2. The third kappa shape index (κ3) is 6.18. The number of hydrogen-bond donors (Lipinski definition) is 2. The van der Waals surface area contributed by atoms with E-state index >= 15 is 0 Å². The number of ether oxygens (including phenoxy) is 2. The first-order valence-corrected chi connectivity index (χ1v) is 11.8. The number of aryl methyl sites for hydroxylation is 1. The molecule has 11 heteroatoms. The number of morpholine rings is 1. The van der Waals surface area contributed by atoms with Crippen LogP contribution in [0.3, 0.4) is 0 Å². The molecule has 1 aromatic heterocycles. The molecule has 1 aliphatic heterocycles. The van der Waals surface area contributed by atoms with Crippen LogP contribution in [0.2, 0.25) is 0 Å². The van der Waals surface area contributed by atoms with Crippen molar-refractivity contribution in [1.82, 2.24) is 15.0 Å². The van der Waals surface area contributed by atoms with Gasteiger partial charge in [-0.3, -0.25) is 0 Å². The van der Waals surface area contributed by atoms with Crippen LogP contribution in [-0.4, -0.2) is 54.6 Å². The van der Waals surface area contributed by atoms with Gasteiger partial charge < -0.3 is 19.7 Å². The van der Waals surface area contributed by atoms with Crippen molar-refractivity contribution in [3.05, 3.63) is 56.5 Å². The second kappa shape index (κ2) is 10.9. The molecule has 0 bridgehead atoms. The minimum atomic E-state index is 0.324. The lowest BCUT2D eigenvalue weighted by molar-refractivity contribution is 0.122. The average Bonchev–Trinajstić information content (AvgIpc) is 2.81. The van der Waals surface area contributed by atoms with E-state index < -0.39 is 0 Å². The normalized spacial score (nSPS) is 13.9. The molecular weight excluding hydrogens is 554 g/mol. The standard InChI is InChI=1S/C22H23Br2N7O2/c1-14-3-5-17(6-4-14)26-20-27-21(29-22(28-20)31-7-9-33-10-8-31)30-25-13-15-11-16(23)12-18(24)19(15)32-2/h3-6,11-13H,7-10H2,1-2H3,(H2,26,27,28,29,30). The van der Waals surface area contributed by atoms with Crippen LogP contribution in [0.25, 0.3) is 0 Å². The topological polar surface area (TPSA) is 96.8 Å². The lowest BCUT2D eigenvalue weighted by atomic mass is 10.2. The van der Waals surface area contributed by atoms with Crippen LogP contribution in [-0.2, 0) is 4.74 Å². The van der Waals surface area contributed by atoms with E-state index in [0.717, 1.165) is 20.2 Å². The van der Waals surface area contributed by atoms with Gasteiger partial charge >= 0.3 is 0 Å². The SMILES string of the molecule is COc1c(Br)cc(Br)cc1C=NNc1nc(Nc2ccc(C)cc2)nc(N2CCOCC2)n1. The molecule has 2 heterocycles. The van der Waals surface area contributed by atoms with E-state index in [1.165, 1.54) is 5.56 Å². The molecule has 0 radical (unpaired) electrons. The summed E-state index contributed by atoms with van der Waals surface area (Å²) in [6.45, 7) is 4.72. The smallest absolute Gasteiger partial charge is 0.250 e. The monoisotopic (exact) mass is 575 g/mol. The number of nitrogens with zero attached hydrogens (tertiary/aromatic N) is 5. The number of halogens is 2. The molecule has 4 rings (SSSR count). The Bertz CT molecular complexity index is 1140. The molecule has 0 aliphatic carbocycles. The maximum atomic E-state index is 5.47. The lowest BCUT2D eigenvalue weighted by Gasteiger charge is -2.27. The van der Waals surface area contributed by atoms with Gasteiger partial charge in [-0.05, 0) is 47.1 Å². The Labute approximate surface area is 208 Å². The van der Waals surface area contributed by atoms with Gasteiger partial charge in [0.15, 0.2) is 0 Å². The highest BCUT2D eigenvalue weighted by molar-refractivity contribution is 9.11. The zero-order valence-corrected chi connectivity index (χ0v) is 21.4. The minimum Gasteiger partial charge on any atom is -0.495 e. The molecule has 2 aromatic carbocycles. The molecule has 3 aromatic rings. The zero-order chi connectivity index (χ0) is 23.2. The van der Waals surface area contributed by atoms with Crippen molar-refractivity contribution in [1.29, 1.82) is 0 Å². The van der Waals surface area contributed by atoms with Crippen molar-refractivity contribution in [3.63, 3.8) is 0 Å². The number of aromatic nitrogens is 3. The van der Waals surface area contributed by atoms with Crippen LogP contribution < -0.4 is 20.4 Å². The lowest BCUT2D eigenvalue weighted by Crippen LogP contribution is -2.37.